The molecule has 0 saturated carbocycles. The van der Waals surface area contributed by atoms with Crippen LogP contribution in [0, 0.1) is 6.92 Å². The molecule has 10 nitrogen and oxygen atoms in total. The number of halogens is 2. The number of nitrogens with zero attached hydrogens (tertiary/aromatic N) is 3. The van der Waals surface area contributed by atoms with Crippen LogP contribution in [0.2, 0.25) is 10.2 Å². The zero-order chi connectivity index (χ0) is 28.8. The molecule has 39 heavy (non-hydrogen) atoms. The number of hydrogen-bond donors (Lipinski definition) is 1. The Morgan fingerprint density at radius 3 is 2.51 bits per heavy atom. The van der Waals surface area contributed by atoms with Gasteiger partial charge in [-0.3, -0.25) is 4.79 Å². The molecule has 0 aliphatic carbocycles. The van der Waals surface area contributed by atoms with E-state index in [1.165, 1.54) is 49.9 Å². The van der Waals surface area contributed by atoms with Crippen molar-refractivity contribution in [2.24, 2.45) is 0 Å². The molecule has 2 aromatic carbocycles. The molecule has 0 aliphatic rings. The summed E-state index contributed by atoms with van der Waals surface area (Å²) in [5.74, 6) is 0.396. The molecular weight excluding hydrogens is 586 g/mol. The average molecular weight is 615 g/mol. The van der Waals surface area contributed by atoms with Gasteiger partial charge in [0, 0.05) is 12.6 Å². The maximum Gasteiger partial charge on any atom is 0.298 e. The van der Waals surface area contributed by atoms with E-state index in [1.54, 1.807) is 19.1 Å². The average Bonchev–Trinajstić information content (AvgIpc) is 2.87. The number of sulfonamides is 1. The van der Waals surface area contributed by atoms with E-state index in [9.17, 15) is 17.8 Å². The van der Waals surface area contributed by atoms with Gasteiger partial charge < -0.3 is 19.4 Å². The third-order valence-corrected chi connectivity index (χ3v) is 8.92. The minimum Gasteiger partial charge on any atom is -0.492 e. The Hall–Kier alpha value is -2.85. The highest BCUT2D eigenvalue weighted by atomic mass is 35.5. The molecule has 0 atom stereocenters. The molecule has 1 N–H and O–H groups in total. The van der Waals surface area contributed by atoms with E-state index in [-0.39, 0.29) is 39.7 Å². The summed E-state index contributed by atoms with van der Waals surface area (Å²) < 4.78 is 52.8. The van der Waals surface area contributed by atoms with E-state index in [1.807, 2.05) is 6.92 Å². The number of anilines is 2. The quantitative estimate of drug-likeness (QED) is 0.184. The molecule has 0 aliphatic heterocycles. The second kappa shape index (κ2) is 13.0. The Labute approximate surface area is 238 Å². The van der Waals surface area contributed by atoms with Gasteiger partial charge in [0.25, 0.3) is 15.7 Å². The lowest BCUT2D eigenvalue weighted by Crippen LogP contribution is -2.36. The van der Waals surface area contributed by atoms with E-state index >= 15 is 0 Å². The van der Waals surface area contributed by atoms with E-state index in [4.69, 9.17) is 32.7 Å². The normalized spacial score (nSPS) is 11.6. The molecular formula is C25H29Cl2N4O6PS. The lowest BCUT2D eigenvalue weighted by atomic mass is 10.2. The Balaban J connectivity index is 1.94. The van der Waals surface area contributed by atoms with Gasteiger partial charge in [0.15, 0.2) is 12.3 Å². The molecule has 3 aromatic rings. The summed E-state index contributed by atoms with van der Waals surface area (Å²) in [6.45, 7) is 6.79. The summed E-state index contributed by atoms with van der Waals surface area (Å²) in [7, 11) is -8.07. The fourth-order valence-corrected chi connectivity index (χ4v) is 6.60. The highest BCUT2D eigenvalue weighted by molar-refractivity contribution is 7.96. The fourth-order valence-electron chi connectivity index (χ4n) is 3.42. The van der Waals surface area contributed by atoms with Gasteiger partial charge in [-0.15, -0.1) is 5.10 Å². The Bertz CT molecular complexity index is 1500. The minimum absolute atomic E-state index is 0.00895. The molecule has 0 fully saturated rings. The maximum absolute atomic E-state index is 13.9. The highest BCUT2D eigenvalue weighted by Crippen LogP contribution is 2.44. The first-order chi connectivity index (χ1) is 18.4. The number of hydrogen-bond acceptors (Lipinski definition) is 9. The number of carbonyl (C=O) groups excluding carboxylic acids is 1. The van der Waals surface area contributed by atoms with Crippen molar-refractivity contribution in [3.63, 3.8) is 0 Å². The van der Waals surface area contributed by atoms with Gasteiger partial charge in [-0.05, 0) is 56.5 Å². The summed E-state index contributed by atoms with van der Waals surface area (Å²) >= 11 is 12.0. The van der Waals surface area contributed by atoms with E-state index in [2.05, 4.69) is 15.5 Å². The van der Waals surface area contributed by atoms with Crippen molar-refractivity contribution in [2.75, 3.05) is 42.7 Å². The van der Waals surface area contributed by atoms with Gasteiger partial charge in [-0.1, -0.05) is 42.3 Å². The molecule has 1 aromatic heterocycles. The van der Waals surface area contributed by atoms with Crippen LogP contribution in [0.4, 0.5) is 16.2 Å². The molecule has 0 unspecified atom stereocenters. The standard InChI is InChI=1S/C25H29Cl2N4O6PS/c1-5-11-37-21-8-6-7-9-22(21)39(34,35)31(25(32)38(3,4)33)18-13-17(2)14-19(15-18)36-12-10-28-20-16-29-30-24(27)23(20)26/h6-9,13-16H,5,10-12H2,1-4H3,(H,28,30). The Morgan fingerprint density at radius 1 is 1.10 bits per heavy atom. The predicted molar refractivity (Wildman–Crippen MR) is 154 cm³/mol. The van der Waals surface area contributed by atoms with Crippen LogP contribution in [0.25, 0.3) is 0 Å². The van der Waals surface area contributed by atoms with Gasteiger partial charge in [-0.2, -0.15) is 9.40 Å². The smallest absolute Gasteiger partial charge is 0.298 e. The zero-order valence-electron chi connectivity index (χ0n) is 21.8. The summed E-state index contributed by atoms with van der Waals surface area (Å²) in [5.41, 5.74) is 0.0425. The lowest BCUT2D eigenvalue weighted by molar-refractivity contribution is 0.265. The van der Waals surface area contributed by atoms with Crippen molar-refractivity contribution in [2.45, 2.75) is 25.2 Å². The molecule has 210 valence electrons. The third-order valence-electron chi connectivity index (χ3n) is 5.17. The van der Waals surface area contributed by atoms with Crippen LogP contribution < -0.4 is 19.1 Å². The van der Waals surface area contributed by atoms with E-state index < -0.39 is 22.8 Å². The molecule has 1 amide bonds. The SMILES string of the molecule is CCCOc1ccccc1S(=O)(=O)N(C(=O)P(C)(C)=O)c1cc(C)cc(OCCNc2cnnc(Cl)c2Cl)c1. The van der Waals surface area contributed by atoms with Gasteiger partial charge in [-0.25, -0.2) is 8.42 Å². The van der Waals surface area contributed by atoms with Crippen LogP contribution in [-0.2, 0) is 14.6 Å². The van der Waals surface area contributed by atoms with Crippen LogP contribution in [0.3, 0.4) is 0 Å². The van der Waals surface area contributed by atoms with E-state index in [0.29, 0.717) is 34.3 Å². The van der Waals surface area contributed by atoms with Crippen LogP contribution in [-0.4, -0.2) is 57.4 Å². The summed E-state index contributed by atoms with van der Waals surface area (Å²) in [6.07, 6.45) is 2.07. The van der Waals surface area contributed by atoms with Crippen molar-refractivity contribution < 1.29 is 27.3 Å². The molecule has 3 rings (SSSR count). The van der Waals surface area contributed by atoms with Crippen LogP contribution in [0.15, 0.2) is 53.6 Å². The fraction of sp³-hybridized carbons (Fsp3) is 0.320. The molecule has 0 spiro atoms. The molecule has 0 bridgehead atoms. The number of amides is 1. The van der Waals surface area contributed by atoms with Gasteiger partial charge in [0.1, 0.15) is 28.0 Å². The number of carbonyl (C=O) groups is 1. The van der Waals surface area contributed by atoms with Crippen molar-refractivity contribution in [3.8, 4) is 11.5 Å². The monoisotopic (exact) mass is 614 g/mol. The number of ether oxygens (including phenoxy) is 2. The Morgan fingerprint density at radius 2 is 1.82 bits per heavy atom. The third kappa shape index (κ3) is 7.63. The summed E-state index contributed by atoms with van der Waals surface area (Å²) in [4.78, 5) is 13.2. The lowest BCUT2D eigenvalue weighted by Gasteiger charge is -2.26. The summed E-state index contributed by atoms with van der Waals surface area (Å²) in [5, 5.41) is 10.7. The number of aryl methyl sites for hydroxylation is 1. The molecule has 14 heteroatoms. The van der Waals surface area contributed by atoms with Gasteiger partial charge in [0.05, 0.1) is 24.2 Å². The second-order valence-electron chi connectivity index (χ2n) is 8.84. The number of aromatic nitrogens is 2. The predicted octanol–water partition coefficient (Wildman–Crippen LogP) is 6.31. The Kier molecular flexibility index (Phi) is 10.2. The molecule has 1 heterocycles. The van der Waals surface area contributed by atoms with Crippen molar-refractivity contribution in [1.29, 1.82) is 0 Å². The number of nitrogens with one attached hydrogen (secondary N) is 1. The largest absolute Gasteiger partial charge is 0.492 e. The van der Waals surface area contributed by atoms with Gasteiger partial charge in [0.2, 0.25) is 0 Å². The topological polar surface area (TPSA) is 128 Å². The van der Waals surface area contributed by atoms with Gasteiger partial charge >= 0.3 is 0 Å². The molecule has 0 radical (unpaired) electrons. The number of rotatable bonds is 12. The summed E-state index contributed by atoms with van der Waals surface area (Å²) in [6, 6.07) is 10.6. The van der Waals surface area contributed by atoms with Crippen molar-refractivity contribution >= 4 is 57.4 Å². The van der Waals surface area contributed by atoms with Crippen LogP contribution in [0.5, 0.6) is 11.5 Å². The second-order valence-corrected chi connectivity index (χ2v) is 14.4. The first kappa shape index (κ1) is 30.7. The first-order valence-corrected chi connectivity index (χ1v) is 16.7. The van der Waals surface area contributed by atoms with E-state index in [0.717, 1.165) is 0 Å². The zero-order valence-corrected chi connectivity index (χ0v) is 25.1. The van der Waals surface area contributed by atoms with Crippen LogP contribution in [0.1, 0.15) is 18.9 Å². The van der Waals surface area contributed by atoms with Crippen molar-refractivity contribution in [3.05, 3.63) is 64.4 Å². The minimum atomic E-state index is -4.52. The van der Waals surface area contributed by atoms with Crippen LogP contribution >= 0.6 is 30.3 Å². The molecule has 0 saturated heterocycles. The van der Waals surface area contributed by atoms with Crippen molar-refractivity contribution in [1.82, 2.24) is 10.2 Å². The maximum atomic E-state index is 13.9. The number of para-hydroxylation sites is 1. The first-order valence-electron chi connectivity index (χ1n) is 11.9. The number of benzene rings is 2. The highest BCUT2D eigenvalue weighted by Gasteiger charge is 2.39.